The van der Waals surface area contributed by atoms with Crippen molar-refractivity contribution < 1.29 is 19.7 Å². The lowest BCUT2D eigenvalue weighted by Gasteiger charge is -2.14. The Labute approximate surface area is 72.2 Å². The highest BCUT2D eigenvalue weighted by Gasteiger charge is 2.10. The lowest BCUT2D eigenvalue weighted by atomic mass is 10.1. The van der Waals surface area contributed by atoms with Crippen LogP contribution in [0.1, 0.15) is 26.2 Å². The van der Waals surface area contributed by atoms with E-state index in [0.29, 0.717) is 19.3 Å². The molecule has 72 valence electrons. The Morgan fingerprint density at radius 1 is 1.33 bits per heavy atom. The number of hydrogen-bond acceptors (Lipinski definition) is 4. The number of aliphatic hydroxyl groups is 2. The Morgan fingerprint density at radius 3 is 2.42 bits per heavy atom. The van der Waals surface area contributed by atoms with E-state index in [2.05, 4.69) is 0 Å². The van der Waals surface area contributed by atoms with Crippen LogP contribution < -0.4 is 0 Å². The molecule has 0 aromatic heterocycles. The van der Waals surface area contributed by atoms with Gasteiger partial charge in [-0.05, 0) is 12.8 Å². The standard InChI is InChI=1S/C8H16O4/c1-7(11)12-8(4-6-10)3-2-5-9/h8-10H,2-6H2,1H3. The Kier molecular flexibility index (Phi) is 6.70. The third-order valence-electron chi connectivity index (χ3n) is 1.47. The van der Waals surface area contributed by atoms with Crippen LogP contribution >= 0.6 is 0 Å². The highest BCUT2D eigenvalue weighted by Crippen LogP contribution is 2.06. The summed E-state index contributed by atoms with van der Waals surface area (Å²) in [7, 11) is 0. The second-order valence-electron chi connectivity index (χ2n) is 2.61. The Morgan fingerprint density at radius 2 is 2.00 bits per heavy atom. The molecule has 2 N–H and O–H groups in total. The summed E-state index contributed by atoms with van der Waals surface area (Å²) in [6.45, 7) is 1.43. The molecule has 4 nitrogen and oxygen atoms in total. The van der Waals surface area contributed by atoms with Crippen LogP contribution in [-0.2, 0) is 9.53 Å². The van der Waals surface area contributed by atoms with Gasteiger partial charge in [0.05, 0.1) is 0 Å². The predicted octanol–water partition coefficient (Wildman–Crippen LogP) is 0.0730. The van der Waals surface area contributed by atoms with Crippen molar-refractivity contribution in [3.05, 3.63) is 0 Å². The zero-order valence-electron chi connectivity index (χ0n) is 7.32. The fraction of sp³-hybridized carbons (Fsp3) is 0.875. The van der Waals surface area contributed by atoms with E-state index in [1.165, 1.54) is 6.92 Å². The van der Waals surface area contributed by atoms with Crippen LogP contribution in [0.2, 0.25) is 0 Å². The van der Waals surface area contributed by atoms with Crippen molar-refractivity contribution in [2.75, 3.05) is 13.2 Å². The van der Waals surface area contributed by atoms with E-state index in [0.717, 1.165) is 0 Å². The van der Waals surface area contributed by atoms with Gasteiger partial charge >= 0.3 is 5.97 Å². The lowest BCUT2D eigenvalue weighted by Crippen LogP contribution is -2.18. The summed E-state index contributed by atoms with van der Waals surface area (Å²) in [6.07, 6.45) is 1.40. The first-order chi connectivity index (χ1) is 5.70. The van der Waals surface area contributed by atoms with Gasteiger partial charge in [0.1, 0.15) is 6.10 Å². The van der Waals surface area contributed by atoms with Gasteiger partial charge in [-0.15, -0.1) is 0 Å². The Hall–Kier alpha value is -0.610. The van der Waals surface area contributed by atoms with E-state index in [9.17, 15) is 4.79 Å². The highest BCUT2D eigenvalue weighted by atomic mass is 16.5. The van der Waals surface area contributed by atoms with E-state index < -0.39 is 0 Å². The number of aliphatic hydroxyl groups excluding tert-OH is 2. The van der Waals surface area contributed by atoms with Crippen LogP contribution in [0, 0.1) is 0 Å². The average molecular weight is 176 g/mol. The zero-order chi connectivity index (χ0) is 9.40. The maximum absolute atomic E-state index is 10.5. The van der Waals surface area contributed by atoms with Gasteiger partial charge < -0.3 is 14.9 Å². The molecular formula is C8H16O4. The molecule has 0 aromatic rings. The van der Waals surface area contributed by atoms with Crippen molar-refractivity contribution in [1.29, 1.82) is 0 Å². The number of ether oxygens (including phenoxy) is 1. The molecule has 0 radical (unpaired) electrons. The average Bonchev–Trinajstić information content (AvgIpc) is 2.00. The molecular weight excluding hydrogens is 160 g/mol. The molecule has 12 heavy (non-hydrogen) atoms. The van der Waals surface area contributed by atoms with E-state index in [-0.39, 0.29) is 25.3 Å². The molecule has 1 atom stereocenters. The van der Waals surface area contributed by atoms with E-state index in [1.807, 2.05) is 0 Å². The number of esters is 1. The Balaban J connectivity index is 3.61. The molecule has 0 spiro atoms. The fourth-order valence-corrected chi connectivity index (χ4v) is 0.960. The molecule has 4 heteroatoms. The SMILES string of the molecule is CC(=O)OC(CCO)CCCO. The molecule has 0 saturated carbocycles. The molecule has 0 aliphatic carbocycles. The van der Waals surface area contributed by atoms with E-state index in [4.69, 9.17) is 14.9 Å². The van der Waals surface area contributed by atoms with Crippen molar-refractivity contribution in [1.82, 2.24) is 0 Å². The molecule has 0 saturated heterocycles. The molecule has 0 bridgehead atoms. The second kappa shape index (κ2) is 7.06. The number of rotatable bonds is 6. The second-order valence-corrected chi connectivity index (χ2v) is 2.61. The lowest BCUT2D eigenvalue weighted by molar-refractivity contribution is -0.147. The third-order valence-corrected chi connectivity index (χ3v) is 1.47. The topological polar surface area (TPSA) is 66.8 Å². The number of carbonyl (C=O) groups excluding carboxylic acids is 1. The minimum atomic E-state index is -0.341. The van der Waals surface area contributed by atoms with Gasteiger partial charge in [-0.1, -0.05) is 0 Å². The van der Waals surface area contributed by atoms with E-state index >= 15 is 0 Å². The van der Waals surface area contributed by atoms with Gasteiger partial charge in [-0.3, -0.25) is 4.79 Å². The maximum atomic E-state index is 10.5. The molecule has 0 aliphatic rings. The fourth-order valence-electron chi connectivity index (χ4n) is 0.960. The minimum absolute atomic E-state index is 0.00335. The quantitative estimate of drug-likeness (QED) is 0.562. The molecule has 0 aromatic carbocycles. The van der Waals surface area contributed by atoms with E-state index in [1.54, 1.807) is 0 Å². The molecule has 0 rings (SSSR count). The van der Waals surface area contributed by atoms with Crippen molar-refractivity contribution >= 4 is 5.97 Å². The maximum Gasteiger partial charge on any atom is 0.302 e. The van der Waals surface area contributed by atoms with Crippen LogP contribution in [-0.4, -0.2) is 35.5 Å². The van der Waals surface area contributed by atoms with Crippen LogP contribution in [0.15, 0.2) is 0 Å². The molecule has 0 aliphatic heterocycles. The van der Waals surface area contributed by atoms with Crippen LogP contribution in [0.3, 0.4) is 0 Å². The van der Waals surface area contributed by atoms with Crippen LogP contribution in [0.25, 0.3) is 0 Å². The largest absolute Gasteiger partial charge is 0.462 e. The summed E-state index contributed by atoms with van der Waals surface area (Å²) in [5, 5.41) is 17.1. The van der Waals surface area contributed by atoms with Gasteiger partial charge in [-0.25, -0.2) is 0 Å². The monoisotopic (exact) mass is 176 g/mol. The van der Waals surface area contributed by atoms with Gasteiger partial charge in [0.15, 0.2) is 0 Å². The first-order valence-corrected chi connectivity index (χ1v) is 4.09. The molecule has 0 heterocycles. The van der Waals surface area contributed by atoms with Gasteiger partial charge in [0, 0.05) is 26.6 Å². The minimum Gasteiger partial charge on any atom is -0.462 e. The van der Waals surface area contributed by atoms with Gasteiger partial charge in [-0.2, -0.15) is 0 Å². The van der Waals surface area contributed by atoms with Crippen LogP contribution in [0.4, 0.5) is 0 Å². The molecule has 0 amide bonds. The molecule has 0 fully saturated rings. The van der Waals surface area contributed by atoms with Gasteiger partial charge in [0.25, 0.3) is 0 Å². The summed E-state index contributed by atoms with van der Waals surface area (Å²) in [5.41, 5.74) is 0. The van der Waals surface area contributed by atoms with Crippen molar-refractivity contribution in [2.24, 2.45) is 0 Å². The smallest absolute Gasteiger partial charge is 0.302 e. The molecule has 1 unspecified atom stereocenters. The summed E-state index contributed by atoms with van der Waals surface area (Å²) in [5.74, 6) is -0.341. The third kappa shape index (κ3) is 6.12. The van der Waals surface area contributed by atoms with Crippen molar-refractivity contribution in [3.8, 4) is 0 Å². The van der Waals surface area contributed by atoms with Gasteiger partial charge in [0.2, 0.25) is 0 Å². The first-order valence-electron chi connectivity index (χ1n) is 4.09. The normalized spacial score (nSPS) is 12.6. The van der Waals surface area contributed by atoms with Crippen LogP contribution in [0.5, 0.6) is 0 Å². The first kappa shape index (κ1) is 11.4. The summed E-state index contributed by atoms with van der Waals surface area (Å²) < 4.78 is 4.88. The number of hydrogen-bond donors (Lipinski definition) is 2. The van der Waals surface area contributed by atoms with Crippen molar-refractivity contribution in [3.63, 3.8) is 0 Å². The summed E-state index contributed by atoms with van der Waals surface area (Å²) >= 11 is 0. The zero-order valence-corrected chi connectivity index (χ0v) is 7.32. The van der Waals surface area contributed by atoms with Crippen molar-refractivity contribution in [2.45, 2.75) is 32.3 Å². The highest BCUT2D eigenvalue weighted by molar-refractivity contribution is 5.66. The summed E-state index contributed by atoms with van der Waals surface area (Å²) in [4.78, 5) is 10.5. The predicted molar refractivity (Wildman–Crippen MR) is 43.6 cm³/mol. The Bertz CT molecular complexity index is 124. The number of carbonyl (C=O) groups is 1. The summed E-state index contributed by atoms with van der Waals surface area (Å²) in [6, 6.07) is 0.